The third kappa shape index (κ3) is 11.8. The van der Waals surface area contributed by atoms with Gasteiger partial charge in [-0.25, -0.2) is 0 Å². The minimum atomic E-state index is -0.196. The van der Waals surface area contributed by atoms with Gasteiger partial charge in [-0.2, -0.15) is 0 Å². The van der Waals surface area contributed by atoms with Crippen molar-refractivity contribution in [3.63, 3.8) is 0 Å². The van der Waals surface area contributed by atoms with E-state index < -0.39 is 0 Å². The molecule has 50 valence electrons. The second-order valence-electron chi connectivity index (χ2n) is 2.20. The molecule has 0 heterocycles. The van der Waals surface area contributed by atoms with Crippen LogP contribution in [-0.4, -0.2) is 12.6 Å². The molecule has 0 aromatic rings. The standard InChI is InChI=1S/C6H12O2.Hg/c1-5(2)4-8-6(3)7;/h5H,4H2,1-3H3;. The molecule has 0 atom stereocenters. The van der Waals surface area contributed by atoms with Crippen LogP contribution in [0.2, 0.25) is 0 Å². The molecule has 0 fully saturated rings. The Morgan fingerprint density at radius 2 is 2.00 bits per heavy atom. The average Bonchev–Trinajstić information content (AvgIpc) is 1.61. The van der Waals surface area contributed by atoms with Crippen molar-refractivity contribution < 1.29 is 37.2 Å². The Morgan fingerprint density at radius 1 is 1.56 bits per heavy atom. The Balaban J connectivity index is 0. The van der Waals surface area contributed by atoms with E-state index in [-0.39, 0.29) is 33.6 Å². The fourth-order valence-electron chi connectivity index (χ4n) is 0.284. The predicted octanol–water partition coefficient (Wildman–Crippen LogP) is 1.20. The van der Waals surface area contributed by atoms with Crippen LogP contribution in [0.5, 0.6) is 0 Å². The van der Waals surface area contributed by atoms with Crippen molar-refractivity contribution in [2.45, 2.75) is 20.8 Å². The van der Waals surface area contributed by atoms with E-state index in [1.54, 1.807) is 0 Å². The first-order valence-electron chi connectivity index (χ1n) is 2.76. The summed E-state index contributed by atoms with van der Waals surface area (Å²) < 4.78 is 4.66. The van der Waals surface area contributed by atoms with Crippen molar-refractivity contribution >= 4 is 5.97 Å². The summed E-state index contributed by atoms with van der Waals surface area (Å²) in [6.45, 7) is 5.96. The summed E-state index contributed by atoms with van der Waals surface area (Å²) in [4.78, 5) is 10.1. The molecule has 0 N–H and O–H groups in total. The van der Waals surface area contributed by atoms with Crippen molar-refractivity contribution in [3.8, 4) is 0 Å². The molecule has 3 heteroatoms. The second-order valence-corrected chi connectivity index (χ2v) is 2.20. The molecule has 0 aliphatic rings. The fraction of sp³-hybridized carbons (Fsp3) is 0.833. The SMILES string of the molecule is CC(=O)OCC(C)C.[Hg]. The number of rotatable bonds is 2. The molecule has 0 spiro atoms. The molecule has 0 bridgehead atoms. The number of hydrogen-bond acceptors (Lipinski definition) is 2. The number of carbonyl (C=O) groups is 1. The summed E-state index contributed by atoms with van der Waals surface area (Å²) in [6, 6.07) is 0. The van der Waals surface area contributed by atoms with Crippen LogP contribution in [0.15, 0.2) is 0 Å². The van der Waals surface area contributed by atoms with E-state index in [0.29, 0.717) is 12.5 Å². The maximum Gasteiger partial charge on any atom is 0.302 e. The zero-order valence-electron chi connectivity index (χ0n) is 6.31. The predicted molar refractivity (Wildman–Crippen MR) is 31.5 cm³/mol. The zero-order chi connectivity index (χ0) is 6.57. The molecule has 0 unspecified atom stereocenters. The quantitative estimate of drug-likeness (QED) is 0.565. The smallest absolute Gasteiger partial charge is 0.302 e. The van der Waals surface area contributed by atoms with E-state index in [4.69, 9.17) is 0 Å². The molecular weight excluding hydrogens is 305 g/mol. The molecule has 0 saturated heterocycles. The zero-order valence-corrected chi connectivity index (χ0v) is 11.8. The Kier molecular flexibility index (Phi) is 8.78. The molecule has 2 nitrogen and oxygen atoms in total. The first kappa shape index (κ1) is 12.1. The Morgan fingerprint density at radius 3 is 2.11 bits per heavy atom. The van der Waals surface area contributed by atoms with Gasteiger partial charge in [0.05, 0.1) is 6.61 Å². The van der Waals surface area contributed by atoms with Gasteiger partial charge in [0.25, 0.3) is 0 Å². The van der Waals surface area contributed by atoms with Crippen LogP contribution < -0.4 is 0 Å². The molecule has 9 heavy (non-hydrogen) atoms. The van der Waals surface area contributed by atoms with Crippen LogP contribution in [0.25, 0.3) is 0 Å². The summed E-state index contributed by atoms with van der Waals surface area (Å²) in [5.74, 6) is 0.248. The fourth-order valence-corrected chi connectivity index (χ4v) is 0.284. The van der Waals surface area contributed by atoms with Crippen molar-refractivity contribution in [3.05, 3.63) is 0 Å². The summed E-state index contributed by atoms with van der Waals surface area (Å²) in [6.07, 6.45) is 0. The van der Waals surface area contributed by atoms with Crippen molar-refractivity contribution in [2.75, 3.05) is 6.61 Å². The van der Waals surface area contributed by atoms with E-state index in [1.807, 2.05) is 13.8 Å². The largest absolute Gasteiger partial charge is 0.466 e. The summed E-state index contributed by atoms with van der Waals surface area (Å²) in [5, 5.41) is 0. The summed E-state index contributed by atoms with van der Waals surface area (Å²) >= 11 is 0. The van der Waals surface area contributed by atoms with E-state index in [9.17, 15) is 4.79 Å². The normalized spacial score (nSPS) is 8.44. The van der Waals surface area contributed by atoms with Crippen LogP contribution >= 0.6 is 0 Å². The number of esters is 1. The molecule has 0 amide bonds. The van der Waals surface area contributed by atoms with Gasteiger partial charge < -0.3 is 4.74 Å². The molecule has 0 aliphatic heterocycles. The van der Waals surface area contributed by atoms with Gasteiger partial charge in [0.1, 0.15) is 0 Å². The van der Waals surface area contributed by atoms with Crippen LogP contribution in [0.3, 0.4) is 0 Å². The van der Waals surface area contributed by atoms with Crippen molar-refractivity contribution in [1.82, 2.24) is 0 Å². The summed E-state index contributed by atoms with van der Waals surface area (Å²) in [5.41, 5.74) is 0. The molecule has 0 rings (SSSR count). The van der Waals surface area contributed by atoms with Gasteiger partial charge >= 0.3 is 5.97 Å². The van der Waals surface area contributed by atoms with Gasteiger partial charge in [0, 0.05) is 34.6 Å². The first-order valence-corrected chi connectivity index (χ1v) is 2.76. The molecule has 0 radical (unpaired) electrons. The molecular formula is C6H12HgO2. The summed E-state index contributed by atoms with van der Waals surface area (Å²) in [7, 11) is 0. The molecule has 0 saturated carbocycles. The number of ether oxygens (including phenoxy) is 1. The monoisotopic (exact) mass is 318 g/mol. The van der Waals surface area contributed by atoms with E-state index in [0.717, 1.165) is 0 Å². The maximum absolute atomic E-state index is 10.1. The van der Waals surface area contributed by atoms with Crippen molar-refractivity contribution in [2.24, 2.45) is 5.92 Å². The van der Waals surface area contributed by atoms with Gasteiger partial charge in [-0.1, -0.05) is 13.8 Å². The third-order valence-corrected chi connectivity index (χ3v) is 0.620. The van der Waals surface area contributed by atoms with Gasteiger partial charge in [-0.15, -0.1) is 0 Å². The minimum absolute atomic E-state index is 0. The van der Waals surface area contributed by atoms with Crippen molar-refractivity contribution in [1.29, 1.82) is 0 Å². The van der Waals surface area contributed by atoms with Crippen LogP contribution in [-0.2, 0) is 37.2 Å². The van der Waals surface area contributed by atoms with Gasteiger partial charge in [-0.3, -0.25) is 4.79 Å². The van der Waals surface area contributed by atoms with Gasteiger partial charge in [0.15, 0.2) is 0 Å². The average molecular weight is 317 g/mol. The van der Waals surface area contributed by atoms with E-state index >= 15 is 0 Å². The van der Waals surface area contributed by atoms with Crippen LogP contribution in [0.4, 0.5) is 0 Å². The maximum atomic E-state index is 10.1. The number of carbonyl (C=O) groups excluding carboxylic acids is 1. The van der Waals surface area contributed by atoms with E-state index in [2.05, 4.69) is 4.74 Å². The minimum Gasteiger partial charge on any atom is -0.466 e. The van der Waals surface area contributed by atoms with Crippen LogP contribution in [0.1, 0.15) is 20.8 Å². The number of hydrogen-bond donors (Lipinski definition) is 0. The topological polar surface area (TPSA) is 26.3 Å². The Hall–Kier alpha value is 0.405. The first-order chi connectivity index (χ1) is 3.63. The molecule has 0 aliphatic carbocycles. The van der Waals surface area contributed by atoms with E-state index in [1.165, 1.54) is 6.92 Å². The molecule has 0 aromatic carbocycles. The Labute approximate surface area is 76.5 Å². The van der Waals surface area contributed by atoms with Crippen LogP contribution in [0, 0.1) is 5.92 Å². The van der Waals surface area contributed by atoms with Gasteiger partial charge in [-0.05, 0) is 5.92 Å². The second kappa shape index (κ2) is 6.52. The third-order valence-electron chi connectivity index (χ3n) is 0.620. The Bertz CT molecular complexity index is 81.1. The molecule has 0 aromatic heterocycles. The van der Waals surface area contributed by atoms with Gasteiger partial charge in [0.2, 0.25) is 0 Å².